The highest BCUT2D eigenvalue weighted by molar-refractivity contribution is 5.85. The first-order valence-electron chi connectivity index (χ1n) is 5.55. The van der Waals surface area contributed by atoms with Crippen LogP contribution in [0.5, 0.6) is 0 Å². The summed E-state index contributed by atoms with van der Waals surface area (Å²) < 4.78 is 2.74. The van der Waals surface area contributed by atoms with Gasteiger partial charge in [-0.25, -0.2) is 4.79 Å². The Hall–Kier alpha value is -1.59. The fraction of sp³-hybridized carbons (Fsp3) is 0.333. The number of hydrogen-bond donors (Lipinski definition) is 1. The van der Waals surface area contributed by atoms with Crippen molar-refractivity contribution in [1.29, 1.82) is 0 Å². The molecule has 0 bridgehead atoms. The number of rotatable bonds is 3. The summed E-state index contributed by atoms with van der Waals surface area (Å²) in [6.45, 7) is 1.05. The average Bonchev–Trinajstić information content (AvgIpc) is 2.36. The first kappa shape index (κ1) is 14.5. The second-order valence-corrected chi connectivity index (χ2v) is 3.96. The Morgan fingerprint density at radius 1 is 1.22 bits per heavy atom. The Labute approximate surface area is 110 Å². The molecule has 0 atom stereocenters. The van der Waals surface area contributed by atoms with Gasteiger partial charge in [0.25, 0.3) is 5.56 Å². The molecule has 2 aromatic rings. The Bertz CT molecular complexity index is 660. The molecule has 0 aliphatic heterocycles. The minimum absolute atomic E-state index is 0. The summed E-state index contributed by atoms with van der Waals surface area (Å²) in [6.07, 6.45) is 0.710. The molecule has 5 nitrogen and oxygen atoms in total. The van der Waals surface area contributed by atoms with Crippen molar-refractivity contribution in [3.63, 3.8) is 0 Å². The van der Waals surface area contributed by atoms with Crippen LogP contribution in [0.3, 0.4) is 0 Å². The van der Waals surface area contributed by atoms with Crippen molar-refractivity contribution in [3.8, 4) is 0 Å². The Balaban J connectivity index is 0.00000162. The number of benzene rings is 1. The number of halogens is 1. The summed E-state index contributed by atoms with van der Waals surface area (Å²) in [7, 11) is 1.50. The Morgan fingerprint density at radius 3 is 2.56 bits per heavy atom. The van der Waals surface area contributed by atoms with Crippen molar-refractivity contribution in [2.45, 2.75) is 13.0 Å². The lowest BCUT2D eigenvalue weighted by Crippen LogP contribution is -2.38. The van der Waals surface area contributed by atoms with Crippen LogP contribution in [0.15, 0.2) is 33.9 Å². The topological polar surface area (TPSA) is 70.0 Å². The van der Waals surface area contributed by atoms with E-state index in [4.69, 9.17) is 5.73 Å². The highest BCUT2D eigenvalue weighted by atomic mass is 35.5. The number of hydrogen-bond acceptors (Lipinski definition) is 3. The third-order valence-electron chi connectivity index (χ3n) is 2.83. The maximum absolute atomic E-state index is 12.0. The van der Waals surface area contributed by atoms with Gasteiger partial charge in [-0.1, -0.05) is 12.1 Å². The quantitative estimate of drug-likeness (QED) is 0.881. The van der Waals surface area contributed by atoms with E-state index in [2.05, 4.69) is 0 Å². The Morgan fingerprint density at radius 2 is 1.89 bits per heavy atom. The smallest absolute Gasteiger partial charge is 0.330 e. The first-order chi connectivity index (χ1) is 8.16. The second-order valence-electron chi connectivity index (χ2n) is 3.96. The van der Waals surface area contributed by atoms with E-state index in [0.717, 1.165) is 4.57 Å². The van der Waals surface area contributed by atoms with Crippen LogP contribution in [0.25, 0.3) is 10.9 Å². The van der Waals surface area contributed by atoms with Gasteiger partial charge in [-0.3, -0.25) is 13.9 Å². The van der Waals surface area contributed by atoms with E-state index < -0.39 is 0 Å². The van der Waals surface area contributed by atoms with Gasteiger partial charge < -0.3 is 5.73 Å². The predicted molar refractivity (Wildman–Crippen MR) is 74.4 cm³/mol. The van der Waals surface area contributed by atoms with Gasteiger partial charge in [0.1, 0.15) is 0 Å². The average molecular weight is 270 g/mol. The van der Waals surface area contributed by atoms with Gasteiger partial charge >= 0.3 is 5.69 Å². The van der Waals surface area contributed by atoms with Gasteiger partial charge in [-0.2, -0.15) is 0 Å². The fourth-order valence-electron chi connectivity index (χ4n) is 1.91. The maximum Gasteiger partial charge on any atom is 0.331 e. The Kier molecular flexibility index (Phi) is 4.69. The zero-order chi connectivity index (χ0) is 12.4. The minimum atomic E-state index is -0.290. The highest BCUT2D eigenvalue weighted by Gasteiger charge is 2.09. The maximum atomic E-state index is 12.0. The van der Waals surface area contributed by atoms with Crippen LogP contribution in [0.1, 0.15) is 6.42 Å². The molecule has 0 amide bonds. The van der Waals surface area contributed by atoms with Crippen molar-refractivity contribution in [2.24, 2.45) is 12.8 Å². The summed E-state index contributed by atoms with van der Waals surface area (Å²) in [5.74, 6) is 0. The van der Waals surface area contributed by atoms with Crippen molar-refractivity contribution in [1.82, 2.24) is 9.13 Å². The molecule has 0 fully saturated rings. The molecule has 0 radical (unpaired) electrons. The predicted octanol–water partition coefficient (Wildman–Crippen LogP) is 0.471. The van der Waals surface area contributed by atoms with Crippen molar-refractivity contribution in [3.05, 3.63) is 45.1 Å². The molecule has 0 saturated carbocycles. The lowest BCUT2D eigenvalue weighted by molar-refractivity contribution is 0.600. The summed E-state index contributed by atoms with van der Waals surface area (Å²) in [5, 5.41) is 0.562. The van der Waals surface area contributed by atoms with Crippen molar-refractivity contribution < 1.29 is 0 Å². The van der Waals surface area contributed by atoms with Gasteiger partial charge in [0.2, 0.25) is 0 Å². The number of para-hydroxylation sites is 1. The van der Waals surface area contributed by atoms with Gasteiger partial charge in [0, 0.05) is 13.6 Å². The molecule has 2 N–H and O–H groups in total. The molecular formula is C12H16ClN3O2. The van der Waals surface area contributed by atoms with Crippen LogP contribution in [-0.4, -0.2) is 15.7 Å². The lowest BCUT2D eigenvalue weighted by atomic mass is 10.2. The van der Waals surface area contributed by atoms with E-state index in [9.17, 15) is 9.59 Å². The fourth-order valence-corrected chi connectivity index (χ4v) is 1.91. The molecule has 1 aromatic heterocycles. The van der Waals surface area contributed by atoms with E-state index in [0.29, 0.717) is 30.4 Å². The zero-order valence-electron chi connectivity index (χ0n) is 10.1. The van der Waals surface area contributed by atoms with Crippen LogP contribution in [0, 0.1) is 0 Å². The normalized spacial score (nSPS) is 10.3. The molecule has 1 heterocycles. The number of nitrogens with zero attached hydrogens (tertiary/aromatic N) is 2. The molecule has 0 saturated heterocycles. The molecular weight excluding hydrogens is 254 g/mol. The molecule has 18 heavy (non-hydrogen) atoms. The summed E-state index contributed by atoms with van der Waals surface area (Å²) in [4.78, 5) is 23.9. The molecule has 2 rings (SSSR count). The largest absolute Gasteiger partial charge is 0.331 e. The molecule has 6 heteroatoms. The minimum Gasteiger partial charge on any atom is -0.330 e. The van der Waals surface area contributed by atoms with Crippen LogP contribution in [0.4, 0.5) is 0 Å². The van der Waals surface area contributed by atoms with Gasteiger partial charge in [-0.05, 0) is 25.1 Å². The molecule has 0 spiro atoms. The van der Waals surface area contributed by atoms with E-state index in [1.54, 1.807) is 22.8 Å². The molecule has 98 valence electrons. The molecule has 0 aliphatic rings. The third kappa shape index (κ3) is 2.32. The van der Waals surface area contributed by atoms with E-state index in [1.165, 1.54) is 7.05 Å². The number of aryl methyl sites for hydroxylation is 1. The number of aromatic nitrogens is 2. The second kappa shape index (κ2) is 5.84. The van der Waals surface area contributed by atoms with Crippen LogP contribution >= 0.6 is 12.4 Å². The molecule has 0 unspecified atom stereocenters. The standard InChI is InChI=1S/C12H15N3O2.ClH/c1-14-11(16)9-5-2-3-6-10(9)15(12(14)17)8-4-7-13;/h2-3,5-6H,4,7-8,13H2,1H3;1H. The number of nitrogens with two attached hydrogens (primary N) is 1. The van der Waals surface area contributed by atoms with Gasteiger partial charge in [0.15, 0.2) is 0 Å². The van der Waals surface area contributed by atoms with Crippen LogP contribution in [0.2, 0.25) is 0 Å². The monoisotopic (exact) mass is 269 g/mol. The lowest BCUT2D eigenvalue weighted by Gasteiger charge is -2.11. The summed E-state index contributed by atoms with van der Waals surface area (Å²) in [6, 6.07) is 7.13. The van der Waals surface area contributed by atoms with Gasteiger partial charge in [-0.15, -0.1) is 12.4 Å². The van der Waals surface area contributed by atoms with Crippen molar-refractivity contribution >= 4 is 23.3 Å². The van der Waals surface area contributed by atoms with E-state index in [1.807, 2.05) is 6.07 Å². The summed E-state index contributed by atoms with van der Waals surface area (Å²) in [5.41, 5.74) is 5.58. The van der Waals surface area contributed by atoms with E-state index in [-0.39, 0.29) is 23.7 Å². The third-order valence-corrected chi connectivity index (χ3v) is 2.83. The van der Waals surface area contributed by atoms with Gasteiger partial charge in [0.05, 0.1) is 10.9 Å². The van der Waals surface area contributed by atoms with Crippen LogP contribution in [-0.2, 0) is 13.6 Å². The zero-order valence-corrected chi connectivity index (χ0v) is 10.9. The first-order valence-corrected chi connectivity index (χ1v) is 5.55. The van der Waals surface area contributed by atoms with Crippen LogP contribution < -0.4 is 17.0 Å². The van der Waals surface area contributed by atoms with E-state index >= 15 is 0 Å². The summed E-state index contributed by atoms with van der Waals surface area (Å²) >= 11 is 0. The molecule has 0 aliphatic carbocycles. The number of fused-ring (bicyclic) bond motifs is 1. The molecule has 1 aromatic carbocycles. The highest BCUT2D eigenvalue weighted by Crippen LogP contribution is 2.07. The van der Waals surface area contributed by atoms with Crippen molar-refractivity contribution in [2.75, 3.05) is 6.54 Å². The SMILES string of the molecule is Cl.Cn1c(=O)c2ccccc2n(CCCN)c1=O.